The van der Waals surface area contributed by atoms with Crippen molar-refractivity contribution in [3.63, 3.8) is 0 Å². The molecule has 0 saturated heterocycles. The van der Waals surface area contributed by atoms with Crippen molar-refractivity contribution in [2.24, 2.45) is 0 Å². The zero-order chi connectivity index (χ0) is 14.9. The molecule has 0 saturated carbocycles. The van der Waals surface area contributed by atoms with Gasteiger partial charge in [0.25, 0.3) is 0 Å². The Morgan fingerprint density at radius 3 is 2.25 bits per heavy atom. The molecule has 1 unspecified atom stereocenters. The summed E-state index contributed by atoms with van der Waals surface area (Å²) < 4.78 is 19.3. The summed E-state index contributed by atoms with van der Waals surface area (Å²) in [7, 11) is 0. The molecular weight excluding hydrogens is 302 g/mol. The summed E-state index contributed by atoms with van der Waals surface area (Å²) in [5.74, 6) is 0.407. The van der Waals surface area contributed by atoms with Gasteiger partial charge in [0.05, 0.1) is 6.10 Å². The SMILES string of the molecule is Cc1cc(Oc2cc(Cl)cc(Cl)c2)c(C(C)O)cc1F. The minimum atomic E-state index is -0.852. The highest BCUT2D eigenvalue weighted by atomic mass is 35.5. The van der Waals surface area contributed by atoms with Crippen LogP contribution in [0.25, 0.3) is 0 Å². The van der Waals surface area contributed by atoms with Gasteiger partial charge in [-0.1, -0.05) is 23.2 Å². The van der Waals surface area contributed by atoms with Gasteiger partial charge in [0.15, 0.2) is 0 Å². The molecular formula is C15H13Cl2FO2. The average molecular weight is 315 g/mol. The molecule has 0 bridgehead atoms. The maximum absolute atomic E-state index is 13.6. The number of benzene rings is 2. The van der Waals surface area contributed by atoms with Crippen LogP contribution < -0.4 is 4.74 Å². The van der Waals surface area contributed by atoms with E-state index >= 15 is 0 Å². The first-order valence-electron chi connectivity index (χ1n) is 5.99. The molecule has 1 N–H and O–H groups in total. The molecule has 0 amide bonds. The van der Waals surface area contributed by atoms with Crippen molar-refractivity contribution in [2.75, 3.05) is 0 Å². The van der Waals surface area contributed by atoms with E-state index in [2.05, 4.69) is 0 Å². The maximum atomic E-state index is 13.6. The van der Waals surface area contributed by atoms with Crippen molar-refractivity contribution < 1.29 is 14.2 Å². The summed E-state index contributed by atoms with van der Waals surface area (Å²) in [6.07, 6.45) is -0.852. The third-order valence-corrected chi connectivity index (χ3v) is 3.24. The Kier molecular flexibility index (Phi) is 4.53. The zero-order valence-corrected chi connectivity index (χ0v) is 12.5. The van der Waals surface area contributed by atoms with Gasteiger partial charge < -0.3 is 9.84 Å². The van der Waals surface area contributed by atoms with E-state index in [1.807, 2.05) is 0 Å². The molecule has 5 heteroatoms. The smallest absolute Gasteiger partial charge is 0.133 e. The van der Waals surface area contributed by atoms with Gasteiger partial charge in [-0.2, -0.15) is 0 Å². The quantitative estimate of drug-likeness (QED) is 0.834. The second-order valence-electron chi connectivity index (χ2n) is 4.52. The van der Waals surface area contributed by atoms with Crippen LogP contribution in [0.2, 0.25) is 10.0 Å². The number of rotatable bonds is 3. The molecule has 0 aliphatic carbocycles. The highest BCUT2D eigenvalue weighted by Gasteiger charge is 2.14. The van der Waals surface area contributed by atoms with E-state index in [0.29, 0.717) is 32.7 Å². The van der Waals surface area contributed by atoms with Crippen LogP contribution in [0.5, 0.6) is 11.5 Å². The van der Waals surface area contributed by atoms with Gasteiger partial charge in [0.1, 0.15) is 17.3 Å². The van der Waals surface area contributed by atoms with Gasteiger partial charge in [0, 0.05) is 15.6 Å². The number of aliphatic hydroxyl groups is 1. The second-order valence-corrected chi connectivity index (χ2v) is 5.40. The van der Waals surface area contributed by atoms with E-state index in [9.17, 15) is 9.50 Å². The Morgan fingerprint density at radius 1 is 1.10 bits per heavy atom. The van der Waals surface area contributed by atoms with E-state index in [1.54, 1.807) is 32.0 Å². The minimum absolute atomic E-state index is 0.365. The van der Waals surface area contributed by atoms with Gasteiger partial charge in [-0.05, 0) is 49.7 Å². The van der Waals surface area contributed by atoms with Crippen LogP contribution in [-0.2, 0) is 0 Å². The van der Waals surface area contributed by atoms with Gasteiger partial charge in [0.2, 0.25) is 0 Å². The van der Waals surface area contributed by atoms with Crippen LogP contribution in [-0.4, -0.2) is 5.11 Å². The van der Waals surface area contributed by atoms with Gasteiger partial charge in [-0.25, -0.2) is 4.39 Å². The largest absolute Gasteiger partial charge is 0.457 e. The number of halogens is 3. The van der Waals surface area contributed by atoms with Crippen LogP contribution >= 0.6 is 23.2 Å². The summed E-state index contributed by atoms with van der Waals surface area (Å²) in [6, 6.07) is 7.57. The van der Waals surface area contributed by atoms with Crippen molar-refractivity contribution in [3.05, 3.63) is 57.3 Å². The lowest BCUT2D eigenvalue weighted by Crippen LogP contribution is -1.99. The standard InChI is InChI=1S/C15H13Cl2FO2/c1-8-3-15(13(9(2)19)7-14(8)18)20-12-5-10(16)4-11(17)6-12/h3-7,9,19H,1-2H3. The van der Waals surface area contributed by atoms with E-state index in [-0.39, 0.29) is 0 Å². The van der Waals surface area contributed by atoms with Gasteiger partial charge in [-0.3, -0.25) is 0 Å². The van der Waals surface area contributed by atoms with Crippen LogP contribution in [0.15, 0.2) is 30.3 Å². The molecule has 2 rings (SSSR count). The van der Waals surface area contributed by atoms with Crippen molar-refractivity contribution in [3.8, 4) is 11.5 Å². The highest BCUT2D eigenvalue weighted by Crippen LogP contribution is 2.34. The predicted molar refractivity (Wildman–Crippen MR) is 78.3 cm³/mol. The summed E-state index contributed by atoms with van der Waals surface area (Å²) >= 11 is 11.8. The molecule has 0 radical (unpaired) electrons. The molecule has 2 nitrogen and oxygen atoms in total. The molecule has 2 aromatic rings. The number of ether oxygens (including phenoxy) is 1. The fraction of sp³-hybridized carbons (Fsp3) is 0.200. The zero-order valence-electron chi connectivity index (χ0n) is 11.0. The molecule has 0 spiro atoms. The Labute approximate surface area is 126 Å². The number of aliphatic hydroxyl groups excluding tert-OH is 1. The fourth-order valence-electron chi connectivity index (χ4n) is 1.80. The molecule has 106 valence electrons. The Morgan fingerprint density at radius 2 is 1.70 bits per heavy atom. The average Bonchev–Trinajstić information content (AvgIpc) is 2.31. The van der Waals surface area contributed by atoms with E-state index in [0.717, 1.165) is 0 Å². The Hall–Kier alpha value is -1.29. The van der Waals surface area contributed by atoms with E-state index in [1.165, 1.54) is 12.1 Å². The lowest BCUT2D eigenvalue weighted by atomic mass is 10.1. The topological polar surface area (TPSA) is 29.5 Å². The summed E-state index contributed by atoms with van der Waals surface area (Å²) in [4.78, 5) is 0. The molecule has 20 heavy (non-hydrogen) atoms. The monoisotopic (exact) mass is 314 g/mol. The first kappa shape index (κ1) is 15.1. The number of hydrogen-bond acceptors (Lipinski definition) is 2. The normalized spacial score (nSPS) is 12.3. The van der Waals surface area contributed by atoms with Crippen molar-refractivity contribution in [2.45, 2.75) is 20.0 Å². The molecule has 0 fully saturated rings. The third kappa shape index (κ3) is 3.42. The molecule has 0 heterocycles. The maximum Gasteiger partial charge on any atom is 0.133 e. The van der Waals surface area contributed by atoms with Gasteiger partial charge in [-0.15, -0.1) is 0 Å². The van der Waals surface area contributed by atoms with Crippen molar-refractivity contribution in [1.29, 1.82) is 0 Å². The third-order valence-electron chi connectivity index (χ3n) is 2.81. The van der Waals surface area contributed by atoms with Crippen LogP contribution in [0, 0.1) is 12.7 Å². The van der Waals surface area contributed by atoms with E-state index in [4.69, 9.17) is 27.9 Å². The molecule has 0 aromatic heterocycles. The molecule has 0 aliphatic rings. The number of aryl methyl sites for hydroxylation is 1. The molecule has 1 atom stereocenters. The van der Waals surface area contributed by atoms with E-state index < -0.39 is 11.9 Å². The van der Waals surface area contributed by atoms with Crippen molar-refractivity contribution >= 4 is 23.2 Å². The Bertz CT molecular complexity index is 622. The lowest BCUT2D eigenvalue weighted by molar-refractivity contribution is 0.195. The highest BCUT2D eigenvalue weighted by molar-refractivity contribution is 6.34. The van der Waals surface area contributed by atoms with Crippen LogP contribution in [0.4, 0.5) is 4.39 Å². The second kappa shape index (κ2) is 6.00. The minimum Gasteiger partial charge on any atom is -0.457 e. The van der Waals surface area contributed by atoms with Gasteiger partial charge >= 0.3 is 0 Å². The fourth-order valence-corrected chi connectivity index (χ4v) is 2.31. The summed E-state index contributed by atoms with van der Waals surface area (Å²) in [5.41, 5.74) is 0.793. The lowest BCUT2D eigenvalue weighted by Gasteiger charge is -2.15. The summed E-state index contributed by atoms with van der Waals surface area (Å²) in [6.45, 7) is 3.17. The first-order valence-corrected chi connectivity index (χ1v) is 6.74. The summed E-state index contributed by atoms with van der Waals surface area (Å²) in [5, 5.41) is 10.6. The number of hydrogen-bond donors (Lipinski definition) is 1. The molecule has 2 aromatic carbocycles. The predicted octanol–water partition coefficient (Wildman–Crippen LogP) is 5.29. The van der Waals surface area contributed by atoms with Crippen LogP contribution in [0.1, 0.15) is 24.2 Å². The van der Waals surface area contributed by atoms with Crippen molar-refractivity contribution in [1.82, 2.24) is 0 Å². The van der Waals surface area contributed by atoms with Crippen LogP contribution in [0.3, 0.4) is 0 Å². The first-order chi connectivity index (χ1) is 9.36. The Balaban J connectivity index is 2.44. The molecule has 0 aliphatic heterocycles.